The third-order valence-electron chi connectivity index (χ3n) is 5.73. The van der Waals surface area contributed by atoms with Crippen molar-refractivity contribution in [1.29, 1.82) is 0 Å². The monoisotopic (exact) mass is 330 g/mol. The fourth-order valence-corrected chi connectivity index (χ4v) is 4.08. The van der Waals surface area contributed by atoms with Crippen LogP contribution in [-0.2, 0) is 9.53 Å². The Bertz CT molecular complexity index is 567. The summed E-state index contributed by atoms with van der Waals surface area (Å²) in [7, 11) is 0. The summed E-state index contributed by atoms with van der Waals surface area (Å²) in [5.41, 5.74) is -0.0761. The molecule has 0 bridgehead atoms. The Morgan fingerprint density at radius 3 is 2.92 bits per heavy atom. The second kappa shape index (κ2) is 6.71. The Hall–Kier alpha value is -1.62. The third-order valence-corrected chi connectivity index (χ3v) is 5.73. The second-order valence-corrected chi connectivity index (χ2v) is 7.52. The number of nitrogens with zero attached hydrogens (tertiary/aromatic N) is 2. The molecule has 1 amide bonds. The molecule has 0 aromatic carbocycles. The summed E-state index contributed by atoms with van der Waals surface area (Å²) in [4.78, 5) is 18.5. The molecule has 1 saturated carbocycles. The summed E-state index contributed by atoms with van der Waals surface area (Å²) in [6.07, 6.45) is 8.29. The number of carbonyl (C=O) groups is 1. The van der Waals surface area contributed by atoms with Crippen LogP contribution in [0.25, 0.3) is 0 Å². The highest BCUT2D eigenvalue weighted by Gasteiger charge is 2.50. The first-order valence-electron chi connectivity index (χ1n) is 9.21. The van der Waals surface area contributed by atoms with Crippen LogP contribution in [0, 0.1) is 11.8 Å². The lowest BCUT2D eigenvalue weighted by atomic mass is 9.77. The largest absolute Gasteiger partial charge is 0.478 e. The van der Waals surface area contributed by atoms with Gasteiger partial charge in [-0.25, -0.2) is 4.98 Å². The fourth-order valence-electron chi connectivity index (χ4n) is 4.08. The van der Waals surface area contributed by atoms with E-state index in [9.17, 15) is 4.79 Å². The highest BCUT2D eigenvalue weighted by molar-refractivity contribution is 5.80. The van der Waals surface area contributed by atoms with Crippen molar-refractivity contribution in [3.8, 4) is 5.88 Å². The molecule has 4 rings (SSSR count). The molecule has 1 spiro atoms. The van der Waals surface area contributed by atoms with Gasteiger partial charge in [-0.05, 0) is 44.1 Å². The van der Waals surface area contributed by atoms with Crippen molar-refractivity contribution in [1.82, 2.24) is 9.88 Å². The standard InChI is InChI=1S/C19H26N2O3/c22-18(16-4-3-5-16)21-13-19(14-21)12-15(8-11-24-19)7-10-23-17-6-1-2-9-20-17/h1-2,6,9,15-16H,3-5,7-8,10-14H2. The van der Waals surface area contributed by atoms with Gasteiger partial charge in [-0.1, -0.05) is 12.5 Å². The number of rotatable bonds is 5. The molecule has 2 aliphatic heterocycles. The third kappa shape index (κ3) is 3.27. The Kier molecular flexibility index (Phi) is 4.44. The smallest absolute Gasteiger partial charge is 0.225 e. The highest BCUT2D eigenvalue weighted by atomic mass is 16.5. The molecule has 1 aromatic rings. The Morgan fingerprint density at radius 2 is 2.21 bits per heavy atom. The van der Waals surface area contributed by atoms with Gasteiger partial charge in [0, 0.05) is 24.8 Å². The molecule has 1 aliphatic carbocycles. The van der Waals surface area contributed by atoms with Gasteiger partial charge in [0.1, 0.15) is 5.60 Å². The summed E-state index contributed by atoms with van der Waals surface area (Å²) in [5, 5.41) is 0. The van der Waals surface area contributed by atoms with E-state index in [-0.39, 0.29) is 5.60 Å². The van der Waals surface area contributed by atoms with Crippen LogP contribution in [0.5, 0.6) is 5.88 Å². The lowest BCUT2D eigenvalue weighted by Crippen LogP contribution is -2.67. The van der Waals surface area contributed by atoms with Gasteiger partial charge in [0.05, 0.1) is 19.7 Å². The number of pyridine rings is 1. The lowest BCUT2D eigenvalue weighted by molar-refractivity contribution is -0.193. The topological polar surface area (TPSA) is 51.7 Å². The summed E-state index contributed by atoms with van der Waals surface area (Å²) in [5.74, 6) is 1.97. The van der Waals surface area contributed by atoms with Crippen molar-refractivity contribution in [2.24, 2.45) is 11.8 Å². The molecular weight excluding hydrogens is 304 g/mol. The first-order valence-corrected chi connectivity index (χ1v) is 9.21. The number of carbonyl (C=O) groups excluding carboxylic acids is 1. The predicted octanol–water partition coefficient (Wildman–Crippen LogP) is 2.66. The zero-order valence-corrected chi connectivity index (χ0v) is 14.2. The van der Waals surface area contributed by atoms with Crippen LogP contribution in [0.2, 0.25) is 0 Å². The van der Waals surface area contributed by atoms with Gasteiger partial charge < -0.3 is 14.4 Å². The van der Waals surface area contributed by atoms with Gasteiger partial charge in [-0.2, -0.15) is 0 Å². The number of likely N-dealkylation sites (tertiary alicyclic amines) is 1. The summed E-state index contributed by atoms with van der Waals surface area (Å²) >= 11 is 0. The van der Waals surface area contributed by atoms with Crippen LogP contribution in [0.1, 0.15) is 38.5 Å². The Morgan fingerprint density at radius 1 is 1.33 bits per heavy atom. The van der Waals surface area contributed by atoms with Crippen molar-refractivity contribution >= 4 is 5.91 Å². The molecule has 24 heavy (non-hydrogen) atoms. The maximum Gasteiger partial charge on any atom is 0.225 e. The molecule has 5 nitrogen and oxygen atoms in total. The lowest BCUT2D eigenvalue weighted by Gasteiger charge is -2.54. The minimum atomic E-state index is -0.0761. The van der Waals surface area contributed by atoms with E-state index in [0.29, 0.717) is 30.2 Å². The summed E-state index contributed by atoms with van der Waals surface area (Å²) < 4.78 is 11.8. The van der Waals surface area contributed by atoms with Gasteiger partial charge >= 0.3 is 0 Å². The second-order valence-electron chi connectivity index (χ2n) is 7.52. The van der Waals surface area contributed by atoms with Gasteiger partial charge in [0.15, 0.2) is 0 Å². The maximum atomic E-state index is 12.3. The minimum absolute atomic E-state index is 0.0761. The molecule has 2 saturated heterocycles. The van der Waals surface area contributed by atoms with E-state index in [4.69, 9.17) is 9.47 Å². The number of aromatic nitrogens is 1. The zero-order valence-electron chi connectivity index (χ0n) is 14.2. The van der Waals surface area contributed by atoms with Gasteiger partial charge in [0.2, 0.25) is 11.8 Å². The van der Waals surface area contributed by atoms with Crippen molar-refractivity contribution in [3.63, 3.8) is 0 Å². The van der Waals surface area contributed by atoms with Crippen LogP contribution in [0.4, 0.5) is 0 Å². The van der Waals surface area contributed by atoms with Crippen LogP contribution in [0.3, 0.4) is 0 Å². The number of ether oxygens (including phenoxy) is 2. The molecule has 1 atom stereocenters. The van der Waals surface area contributed by atoms with E-state index in [1.807, 2.05) is 23.1 Å². The molecule has 3 heterocycles. The van der Waals surface area contributed by atoms with Crippen LogP contribution in [-0.4, -0.2) is 47.7 Å². The van der Waals surface area contributed by atoms with Crippen molar-refractivity contribution < 1.29 is 14.3 Å². The highest BCUT2D eigenvalue weighted by Crippen LogP contribution is 2.40. The van der Waals surface area contributed by atoms with E-state index in [1.165, 1.54) is 6.42 Å². The average Bonchev–Trinajstić information content (AvgIpc) is 2.52. The number of hydrogen-bond acceptors (Lipinski definition) is 4. The van der Waals surface area contributed by atoms with E-state index in [1.54, 1.807) is 6.20 Å². The van der Waals surface area contributed by atoms with Crippen molar-refractivity contribution in [2.75, 3.05) is 26.3 Å². The molecule has 5 heteroatoms. The molecule has 130 valence electrons. The zero-order chi connectivity index (χ0) is 16.4. The fraction of sp³-hybridized carbons (Fsp3) is 0.684. The Balaban J connectivity index is 1.22. The van der Waals surface area contributed by atoms with Gasteiger partial charge in [0.25, 0.3) is 0 Å². The molecule has 3 aliphatic rings. The van der Waals surface area contributed by atoms with Gasteiger partial charge in [-0.15, -0.1) is 0 Å². The molecular formula is C19H26N2O3. The normalized spacial score (nSPS) is 25.8. The van der Waals surface area contributed by atoms with Crippen LogP contribution in [0.15, 0.2) is 24.4 Å². The number of amides is 1. The average molecular weight is 330 g/mol. The predicted molar refractivity (Wildman–Crippen MR) is 89.7 cm³/mol. The van der Waals surface area contributed by atoms with E-state index in [2.05, 4.69) is 4.98 Å². The van der Waals surface area contributed by atoms with Gasteiger partial charge in [-0.3, -0.25) is 4.79 Å². The van der Waals surface area contributed by atoms with E-state index in [0.717, 1.165) is 51.8 Å². The minimum Gasteiger partial charge on any atom is -0.478 e. The number of hydrogen-bond donors (Lipinski definition) is 0. The molecule has 1 aromatic heterocycles. The first kappa shape index (κ1) is 15.9. The van der Waals surface area contributed by atoms with E-state index >= 15 is 0 Å². The quantitative estimate of drug-likeness (QED) is 0.833. The SMILES string of the molecule is O=C(C1CCC1)N1CC2(CC(CCOc3ccccn3)CCO2)C1. The molecule has 1 unspecified atom stereocenters. The van der Waals surface area contributed by atoms with E-state index < -0.39 is 0 Å². The Labute approximate surface area is 143 Å². The summed E-state index contributed by atoms with van der Waals surface area (Å²) in [6.45, 7) is 3.09. The van der Waals surface area contributed by atoms with Crippen molar-refractivity contribution in [3.05, 3.63) is 24.4 Å². The molecule has 0 radical (unpaired) electrons. The summed E-state index contributed by atoms with van der Waals surface area (Å²) in [6, 6.07) is 5.72. The maximum absolute atomic E-state index is 12.3. The molecule has 0 N–H and O–H groups in total. The van der Waals surface area contributed by atoms with Crippen LogP contribution < -0.4 is 4.74 Å². The molecule has 3 fully saturated rings. The first-order chi connectivity index (χ1) is 11.7. The van der Waals surface area contributed by atoms with Crippen LogP contribution >= 0.6 is 0 Å². The van der Waals surface area contributed by atoms with Crippen molar-refractivity contribution in [2.45, 2.75) is 44.1 Å².